The summed E-state index contributed by atoms with van der Waals surface area (Å²) >= 11 is 0. The first kappa shape index (κ1) is 21.1. The number of aromatic nitrogens is 1. The molecule has 0 saturated heterocycles. The molecule has 0 saturated carbocycles. The number of hydrogen-bond donors (Lipinski definition) is 0. The molecular formula is C28H24N4. The van der Waals surface area contributed by atoms with Gasteiger partial charge in [-0.05, 0) is 48.2 Å². The fourth-order valence-corrected chi connectivity index (χ4v) is 3.84. The largest absolute Gasteiger partial charge is 0.339 e. The van der Waals surface area contributed by atoms with Crippen LogP contribution in [0, 0.1) is 25.7 Å². The molecule has 0 fully saturated rings. The van der Waals surface area contributed by atoms with Gasteiger partial charge in [-0.3, -0.25) is 0 Å². The van der Waals surface area contributed by atoms with E-state index in [-0.39, 0.29) is 6.54 Å². The van der Waals surface area contributed by atoms with E-state index in [1.54, 1.807) is 0 Å². The molecule has 0 atom stereocenters. The molecule has 156 valence electrons. The molecule has 4 nitrogen and oxygen atoms in total. The van der Waals surface area contributed by atoms with Gasteiger partial charge < -0.3 is 4.57 Å². The molecule has 0 radical (unpaired) electrons. The zero-order valence-corrected chi connectivity index (χ0v) is 18.3. The van der Waals surface area contributed by atoms with Crippen molar-refractivity contribution in [3.8, 4) is 23.1 Å². The SMILES string of the molecule is Cc1ccccc1C#Cc1cc(-c2ccccc2C)n(Cc2ccccc2)c1CN=[N+]=[N-]. The van der Waals surface area contributed by atoms with E-state index in [0.29, 0.717) is 6.54 Å². The lowest BCUT2D eigenvalue weighted by atomic mass is 10.1. The Kier molecular flexibility index (Phi) is 6.41. The Labute approximate surface area is 188 Å². The van der Waals surface area contributed by atoms with E-state index in [2.05, 4.69) is 76.7 Å². The highest BCUT2D eigenvalue weighted by Crippen LogP contribution is 2.30. The first-order chi connectivity index (χ1) is 15.7. The van der Waals surface area contributed by atoms with Crippen LogP contribution < -0.4 is 0 Å². The molecule has 4 aromatic rings. The fourth-order valence-electron chi connectivity index (χ4n) is 3.84. The van der Waals surface area contributed by atoms with Gasteiger partial charge in [0.1, 0.15) is 0 Å². The zero-order chi connectivity index (χ0) is 22.3. The van der Waals surface area contributed by atoms with Gasteiger partial charge >= 0.3 is 0 Å². The lowest BCUT2D eigenvalue weighted by Crippen LogP contribution is -2.07. The summed E-state index contributed by atoms with van der Waals surface area (Å²) in [6, 6.07) is 28.9. The maximum Gasteiger partial charge on any atom is 0.0677 e. The van der Waals surface area contributed by atoms with Crippen LogP contribution in [-0.4, -0.2) is 4.57 Å². The van der Waals surface area contributed by atoms with E-state index in [0.717, 1.165) is 33.6 Å². The summed E-state index contributed by atoms with van der Waals surface area (Å²) in [5.41, 5.74) is 17.6. The van der Waals surface area contributed by atoms with Crippen molar-refractivity contribution in [2.75, 3.05) is 0 Å². The molecule has 0 aliphatic rings. The summed E-state index contributed by atoms with van der Waals surface area (Å²) in [5, 5.41) is 3.90. The average Bonchev–Trinajstić information content (AvgIpc) is 3.15. The third kappa shape index (κ3) is 4.59. The molecule has 1 heterocycles. The van der Waals surface area contributed by atoms with Gasteiger partial charge in [0.25, 0.3) is 0 Å². The quantitative estimate of drug-likeness (QED) is 0.145. The number of aryl methyl sites for hydroxylation is 2. The van der Waals surface area contributed by atoms with Crippen molar-refractivity contribution in [3.63, 3.8) is 0 Å². The highest BCUT2D eigenvalue weighted by molar-refractivity contribution is 5.68. The number of benzene rings is 3. The molecule has 0 N–H and O–H groups in total. The molecule has 0 bridgehead atoms. The maximum absolute atomic E-state index is 9.02. The van der Waals surface area contributed by atoms with E-state index in [1.807, 2.05) is 48.5 Å². The van der Waals surface area contributed by atoms with Gasteiger partial charge in [-0.25, -0.2) is 0 Å². The molecular weight excluding hydrogens is 392 g/mol. The maximum atomic E-state index is 9.02. The van der Waals surface area contributed by atoms with Crippen LogP contribution in [0.2, 0.25) is 0 Å². The summed E-state index contributed by atoms with van der Waals surface area (Å²) in [6.45, 7) is 5.09. The normalized spacial score (nSPS) is 10.2. The standard InChI is InChI=1S/C28H24N4/c1-21-10-6-8-14-24(21)16-17-25-18-27(26-15-9-7-11-22(26)2)32(28(25)19-30-31-29)20-23-12-4-3-5-13-23/h3-15,18H,19-20H2,1-2H3. The fraction of sp³-hybridized carbons (Fsp3) is 0.143. The summed E-state index contributed by atoms with van der Waals surface area (Å²) in [4.78, 5) is 3.02. The predicted octanol–water partition coefficient (Wildman–Crippen LogP) is 7.03. The number of hydrogen-bond acceptors (Lipinski definition) is 1. The van der Waals surface area contributed by atoms with Gasteiger partial charge in [-0.15, -0.1) is 0 Å². The lowest BCUT2D eigenvalue weighted by molar-refractivity contribution is 0.747. The Balaban J connectivity index is 1.91. The van der Waals surface area contributed by atoms with Crippen molar-refractivity contribution in [2.24, 2.45) is 5.11 Å². The number of nitrogens with zero attached hydrogens (tertiary/aromatic N) is 4. The molecule has 32 heavy (non-hydrogen) atoms. The molecule has 3 aromatic carbocycles. The first-order valence-corrected chi connectivity index (χ1v) is 10.6. The third-order valence-corrected chi connectivity index (χ3v) is 5.57. The van der Waals surface area contributed by atoms with Crippen LogP contribution in [0.5, 0.6) is 0 Å². The molecule has 0 aliphatic carbocycles. The van der Waals surface area contributed by atoms with Gasteiger partial charge in [0, 0.05) is 33.8 Å². The van der Waals surface area contributed by atoms with Crippen LogP contribution in [0.4, 0.5) is 0 Å². The molecule has 4 rings (SSSR count). The van der Waals surface area contributed by atoms with Crippen LogP contribution in [0.15, 0.2) is 90.0 Å². The minimum atomic E-state index is 0.243. The van der Waals surface area contributed by atoms with Crippen molar-refractivity contribution < 1.29 is 0 Å². The molecule has 1 aromatic heterocycles. The van der Waals surface area contributed by atoms with Crippen LogP contribution in [0.25, 0.3) is 21.7 Å². The minimum absolute atomic E-state index is 0.243. The highest BCUT2D eigenvalue weighted by Gasteiger charge is 2.16. The second-order valence-corrected chi connectivity index (χ2v) is 7.73. The zero-order valence-electron chi connectivity index (χ0n) is 18.3. The van der Waals surface area contributed by atoms with Crippen LogP contribution in [-0.2, 0) is 13.1 Å². The smallest absolute Gasteiger partial charge is 0.0677 e. The molecule has 0 aliphatic heterocycles. The topological polar surface area (TPSA) is 53.7 Å². The molecule has 0 unspecified atom stereocenters. The monoisotopic (exact) mass is 416 g/mol. The van der Waals surface area contributed by atoms with E-state index in [9.17, 15) is 0 Å². The van der Waals surface area contributed by atoms with Gasteiger partial charge in [-0.1, -0.05) is 89.8 Å². The van der Waals surface area contributed by atoms with E-state index in [1.165, 1.54) is 11.1 Å². The van der Waals surface area contributed by atoms with Crippen LogP contribution >= 0.6 is 0 Å². The van der Waals surface area contributed by atoms with E-state index < -0.39 is 0 Å². The van der Waals surface area contributed by atoms with Crippen molar-refractivity contribution in [1.82, 2.24) is 4.57 Å². The van der Waals surface area contributed by atoms with Crippen molar-refractivity contribution in [1.29, 1.82) is 0 Å². The minimum Gasteiger partial charge on any atom is -0.339 e. The van der Waals surface area contributed by atoms with Crippen LogP contribution in [0.3, 0.4) is 0 Å². The van der Waals surface area contributed by atoms with E-state index >= 15 is 0 Å². The van der Waals surface area contributed by atoms with E-state index in [4.69, 9.17) is 5.53 Å². The molecule has 0 spiro atoms. The first-order valence-electron chi connectivity index (χ1n) is 10.6. The Morgan fingerprint density at radius 3 is 2.19 bits per heavy atom. The second-order valence-electron chi connectivity index (χ2n) is 7.73. The summed E-state index contributed by atoms with van der Waals surface area (Å²) in [7, 11) is 0. The van der Waals surface area contributed by atoms with Gasteiger partial charge in [0.05, 0.1) is 12.2 Å². The van der Waals surface area contributed by atoms with Crippen molar-refractivity contribution >= 4 is 0 Å². The lowest BCUT2D eigenvalue weighted by Gasteiger charge is -2.14. The average molecular weight is 417 g/mol. The predicted molar refractivity (Wildman–Crippen MR) is 130 cm³/mol. The highest BCUT2D eigenvalue weighted by atomic mass is 15.1. The number of rotatable bonds is 5. The molecule has 4 heteroatoms. The molecule has 0 amide bonds. The summed E-state index contributed by atoms with van der Waals surface area (Å²) < 4.78 is 2.23. The number of azide groups is 1. The van der Waals surface area contributed by atoms with Crippen molar-refractivity contribution in [2.45, 2.75) is 26.9 Å². The van der Waals surface area contributed by atoms with Crippen LogP contribution in [0.1, 0.15) is 33.5 Å². The summed E-state index contributed by atoms with van der Waals surface area (Å²) in [6.07, 6.45) is 0. The Bertz CT molecular complexity index is 1350. The van der Waals surface area contributed by atoms with Gasteiger partial charge in [-0.2, -0.15) is 0 Å². The second kappa shape index (κ2) is 9.75. The van der Waals surface area contributed by atoms with Gasteiger partial charge in [0.15, 0.2) is 0 Å². The Hall–Kier alpha value is -4.19. The van der Waals surface area contributed by atoms with Gasteiger partial charge in [0.2, 0.25) is 0 Å². The Morgan fingerprint density at radius 2 is 1.47 bits per heavy atom. The van der Waals surface area contributed by atoms with Crippen molar-refractivity contribution in [3.05, 3.63) is 129 Å². The summed E-state index contributed by atoms with van der Waals surface area (Å²) in [5.74, 6) is 6.68. The third-order valence-electron chi connectivity index (χ3n) is 5.57. The Morgan fingerprint density at radius 1 is 0.812 bits per heavy atom.